The molecule has 5 heteroatoms. The molecular formula is C22H36N4O. The Morgan fingerprint density at radius 3 is 2.48 bits per heavy atom. The van der Waals surface area contributed by atoms with Gasteiger partial charge in [-0.2, -0.15) is 0 Å². The van der Waals surface area contributed by atoms with Gasteiger partial charge in [-0.3, -0.25) is 4.79 Å². The SMILES string of the molecule is C=CC1=C(N=C(C(C)CC)N2CCCC2)N(C2CCCC2)C(CC)C(=O)N1. The van der Waals surface area contributed by atoms with Gasteiger partial charge in [0.1, 0.15) is 11.9 Å². The largest absolute Gasteiger partial charge is 0.360 e. The van der Waals surface area contributed by atoms with Gasteiger partial charge in [-0.1, -0.05) is 40.2 Å². The second kappa shape index (κ2) is 8.94. The number of allylic oxidation sites excluding steroid dienone is 1. The first kappa shape index (κ1) is 20.0. The third kappa shape index (κ3) is 4.07. The first-order valence-electron chi connectivity index (χ1n) is 10.9. The zero-order valence-corrected chi connectivity index (χ0v) is 17.3. The van der Waals surface area contributed by atoms with Crippen LogP contribution in [0, 0.1) is 5.92 Å². The molecule has 2 unspecified atom stereocenters. The number of carbonyl (C=O) groups excluding carboxylic acids is 1. The quantitative estimate of drug-likeness (QED) is 0.565. The molecule has 1 N–H and O–H groups in total. The Labute approximate surface area is 164 Å². The van der Waals surface area contributed by atoms with Gasteiger partial charge in [-0.05, 0) is 44.6 Å². The maximum Gasteiger partial charge on any atom is 0.247 e. The first-order chi connectivity index (χ1) is 13.1. The van der Waals surface area contributed by atoms with Crippen molar-refractivity contribution in [1.82, 2.24) is 15.1 Å². The molecule has 1 amide bonds. The number of nitrogens with zero attached hydrogens (tertiary/aromatic N) is 3. The average molecular weight is 373 g/mol. The summed E-state index contributed by atoms with van der Waals surface area (Å²) in [7, 11) is 0. The van der Waals surface area contributed by atoms with Crippen LogP contribution in [0.5, 0.6) is 0 Å². The zero-order chi connectivity index (χ0) is 19.4. The van der Waals surface area contributed by atoms with Crippen molar-refractivity contribution >= 4 is 11.7 Å². The van der Waals surface area contributed by atoms with E-state index in [-0.39, 0.29) is 11.9 Å². The van der Waals surface area contributed by atoms with E-state index in [0.29, 0.717) is 12.0 Å². The highest BCUT2D eigenvalue weighted by molar-refractivity contribution is 5.88. The van der Waals surface area contributed by atoms with Gasteiger partial charge in [0.25, 0.3) is 0 Å². The van der Waals surface area contributed by atoms with Gasteiger partial charge < -0.3 is 15.1 Å². The second-order valence-electron chi connectivity index (χ2n) is 8.17. The minimum atomic E-state index is -0.132. The van der Waals surface area contributed by atoms with Crippen molar-refractivity contribution in [3.8, 4) is 0 Å². The third-order valence-corrected chi connectivity index (χ3v) is 6.39. The van der Waals surface area contributed by atoms with Gasteiger partial charge in [0.2, 0.25) is 5.91 Å². The molecule has 150 valence electrons. The van der Waals surface area contributed by atoms with Crippen LogP contribution in [-0.4, -0.2) is 46.7 Å². The summed E-state index contributed by atoms with van der Waals surface area (Å²) in [6, 6.07) is 0.277. The van der Waals surface area contributed by atoms with Gasteiger partial charge in [0.05, 0.1) is 5.70 Å². The molecule has 1 saturated carbocycles. The van der Waals surface area contributed by atoms with Crippen LogP contribution in [0.1, 0.15) is 72.1 Å². The molecule has 1 saturated heterocycles. The number of aliphatic imine (C=N–C) groups is 1. The van der Waals surface area contributed by atoms with E-state index in [1.165, 1.54) is 31.5 Å². The molecule has 5 nitrogen and oxygen atoms in total. The lowest BCUT2D eigenvalue weighted by atomic mass is 10.0. The Kier molecular flexibility index (Phi) is 6.61. The minimum absolute atomic E-state index is 0.0875. The molecule has 2 atom stereocenters. The molecular weight excluding hydrogens is 336 g/mol. The van der Waals surface area contributed by atoms with Gasteiger partial charge in [0, 0.05) is 25.0 Å². The fourth-order valence-corrected chi connectivity index (χ4v) is 4.67. The topological polar surface area (TPSA) is 47.9 Å². The Morgan fingerprint density at radius 1 is 1.26 bits per heavy atom. The fraction of sp³-hybridized carbons (Fsp3) is 0.727. The Balaban J connectivity index is 2.07. The van der Waals surface area contributed by atoms with Gasteiger partial charge in [-0.15, -0.1) is 0 Å². The van der Waals surface area contributed by atoms with Crippen LogP contribution in [0.15, 0.2) is 29.2 Å². The molecule has 0 radical (unpaired) electrons. The molecule has 0 bridgehead atoms. The van der Waals surface area contributed by atoms with Crippen LogP contribution >= 0.6 is 0 Å². The predicted octanol–water partition coefficient (Wildman–Crippen LogP) is 4.03. The van der Waals surface area contributed by atoms with Crippen molar-refractivity contribution in [3.05, 3.63) is 24.2 Å². The van der Waals surface area contributed by atoms with Crippen molar-refractivity contribution in [3.63, 3.8) is 0 Å². The van der Waals surface area contributed by atoms with Crippen molar-refractivity contribution in [2.45, 2.75) is 84.2 Å². The number of hydrogen-bond acceptors (Lipinski definition) is 3. The van der Waals surface area contributed by atoms with E-state index in [1.54, 1.807) is 6.08 Å². The number of rotatable bonds is 6. The molecule has 1 aliphatic carbocycles. The number of amides is 1. The van der Waals surface area contributed by atoms with Crippen LogP contribution in [0.3, 0.4) is 0 Å². The molecule has 3 rings (SSSR count). The Bertz CT molecular complexity index is 612. The Morgan fingerprint density at radius 2 is 1.93 bits per heavy atom. The van der Waals surface area contributed by atoms with Gasteiger partial charge >= 0.3 is 0 Å². The highest BCUT2D eigenvalue weighted by Crippen LogP contribution is 2.34. The van der Waals surface area contributed by atoms with Gasteiger partial charge in [-0.25, -0.2) is 4.99 Å². The lowest BCUT2D eigenvalue weighted by molar-refractivity contribution is -0.127. The molecule has 3 aliphatic rings. The summed E-state index contributed by atoms with van der Waals surface area (Å²) in [5, 5.41) is 3.08. The molecule has 27 heavy (non-hydrogen) atoms. The number of carbonyl (C=O) groups is 1. The lowest BCUT2D eigenvalue weighted by Crippen LogP contribution is -2.54. The molecule has 0 aromatic rings. The minimum Gasteiger partial charge on any atom is -0.360 e. The van der Waals surface area contributed by atoms with Crippen LogP contribution in [-0.2, 0) is 4.79 Å². The first-order valence-corrected chi connectivity index (χ1v) is 10.9. The van der Waals surface area contributed by atoms with Crippen molar-refractivity contribution < 1.29 is 4.79 Å². The summed E-state index contributed by atoms with van der Waals surface area (Å²) in [6.45, 7) is 12.7. The highest BCUT2D eigenvalue weighted by Gasteiger charge is 2.38. The van der Waals surface area contributed by atoms with E-state index < -0.39 is 0 Å². The van der Waals surface area contributed by atoms with Crippen LogP contribution in [0.25, 0.3) is 0 Å². The number of hydrogen-bond donors (Lipinski definition) is 1. The second-order valence-corrected chi connectivity index (χ2v) is 8.17. The van der Waals surface area contributed by atoms with Crippen molar-refractivity contribution in [2.24, 2.45) is 10.9 Å². The highest BCUT2D eigenvalue weighted by atomic mass is 16.2. The molecule has 2 heterocycles. The number of amidine groups is 1. The maximum atomic E-state index is 12.7. The Hall–Kier alpha value is -1.78. The summed E-state index contributed by atoms with van der Waals surface area (Å²) in [5.74, 6) is 2.61. The summed E-state index contributed by atoms with van der Waals surface area (Å²) < 4.78 is 0. The molecule has 2 fully saturated rings. The average Bonchev–Trinajstić information content (AvgIpc) is 3.39. The third-order valence-electron chi connectivity index (χ3n) is 6.39. The van der Waals surface area contributed by atoms with E-state index in [9.17, 15) is 4.79 Å². The maximum absolute atomic E-state index is 12.7. The molecule has 0 spiro atoms. The summed E-state index contributed by atoms with van der Waals surface area (Å²) in [5.41, 5.74) is 0.775. The van der Waals surface area contributed by atoms with Crippen LogP contribution in [0.2, 0.25) is 0 Å². The number of nitrogens with one attached hydrogen (secondary N) is 1. The molecule has 2 aliphatic heterocycles. The smallest absolute Gasteiger partial charge is 0.247 e. The van der Waals surface area contributed by atoms with E-state index in [0.717, 1.165) is 50.3 Å². The zero-order valence-electron chi connectivity index (χ0n) is 17.3. The lowest BCUT2D eigenvalue weighted by Gasteiger charge is -2.42. The van der Waals surface area contributed by atoms with Crippen molar-refractivity contribution in [1.29, 1.82) is 0 Å². The monoisotopic (exact) mass is 372 g/mol. The van der Waals surface area contributed by atoms with E-state index >= 15 is 0 Å². The van der Waals surface area contributed by atoms with Crippen LogP contribution in [0.4, 0.5) is 0 Å². The summed E-state index contributed by atoms with van der Waals surface area (Å²) >= 11 is 0. The number of likely N-dealkylation sites (tertiary alicyclic amines) is 1. The van der Waals surface area contributed by atoms with Gasteiger partial charge in [0.15, 0.2) is 5.82 Å². The van der Waals surface area contributed by atoms with E-state index in [2.05, 4.69) is 42.5 Å². The summed E-state index contributed by atoms with van der Waals surface area (Å²) in [4.78, 5) is 22.8. The van der Waals surface area contributed by atoms with Crippen LogP contribution < -0.4 is 5.32 Å². The van der Waals surface area contributed by atoms with E-state index in [4.69, 9.17) is 4.99 Å². The van der Waals surface area contributed by atoms with E-state index in [1.807, 2.05) is 0 Å². The normalized spacial score (nSPS) is 26.0. The summed E-state index contributed by atoms with van der Waals surface area (Å²) in [6.07, 6.45) is 10.9. The molecule has 0 aromatic carbocycles. The molecule has 0 aromatic heterocycles. The predicted molar refractivity (Wildman–Crippen MR) is 111 cm³/mol. The van der Waals surface area contributed by atoms with Crippen molar-refractivity contribution in [2.75, 3.05) is 13.1 Å². The standard InChI is InChI=1S/C22H36N4O/c1-5-16(4)20(25-14-10-11-15-25)24-21-18(6-2)23-22(27)19(7-3)26(21)17-12-8-9-13-17/h6,16-17,19H,2,5,7-15H2,1,3-4H3,(H,23,27). The fourth-order valence-electron chi connectivity index (χ4n) is 4.67.